The summed E-state index contributed by atoms with van der Waals surface area (Å²) < 4.78 is 5.08. The fourth-order valence-corrected chi connectivity index (χ4v) is 1.70. The van der Waals surface area contributed by atoms with E-state index in [-0.39, 0.29) is 12.3 Å². The Bertz CT molecular complexity index is 640. The normalized spacial score (nSPS) is 10.1. The molecule has 0 saturated heterocycles. The van der Waals surface area contributed by atoms with Crippen LogP contribution < -0.4 is 0 Å². The first-order valence-corrected chi connectivity index (χ1v) is 6.10. The number of hydrogen-bond donors (Lipinski definition) is 0. The van der Waals surface area contributed by atoms with Crippen LogP contribution in [0.3, 0.4) is 0 Å². The van der Waals surface area contributed by atoms with E-state index in [0.29, 0.717) is 16.1 Å². The fraction of sp³-hybridized carbons (Fsp3) is 0.0714. The molecule has 0 unspecified atom stereocenters. The molecule has 5 nitrogen and oxygen atoms in total. The number of carbonyl (C=O) groups excluding carboxylic acids is 1. The Balaban J connectivity index is 2.01. The molecule has 2 aromatic rings. The molecule has 2 aromatic carbocycles. The van der Waals surface area contributed by atoms with E-state index < -0.39 is 10.9 Å². The van der Waals surface area contributed by atoms with Gasteiger partial charge in [0, 0.05) is 17.2 Å². The van der Waals surface area contributed by atoms with Gasteiger partial charge in [-0.05, 0) is 29.8 Å². The van der Waals surface area contributed by atoms with Crippen LogP contribution in [0.1, 0.15) is 15.9 Å². The van der Waals surface area contributed by atoms with Crippen molar-refractivity contribution in [2.75, 3.05) is 0 Å². The molecule has 0 aliphatic heterocycles. The number of hydrogen-bond acceptors (Lipinski definition) is 4. The van der Waals surface area contributed by atoms with Gasteiger partial charge in [-0.25, -0.2) is 4.79 Å². The number of esters is 1. The number of halogens is 1. The lowest BCUT2D eigenvalue weighted by atomic mass is 10.2. The van der Waals surface area contributed by atoms with Crippen LogP contribution in [-0.2, 0) is 11.3 Å². The topological polar surface area (TPSA) is 69.4 Å². The molecule has 102 valence electrons. The number of rotatable bonds is 4. The molecule has 0 aliphatic carbocycles. The Morgan fingerprint density at radius 1 is 1.20 bits per heavy atom. The van der Waals surface area contributed by atoms with Crippen molar-refractivity contribution in [1.29, 1.82) is 0 Å². The average Bonchev–Trinajstić information content (AvgIpc) is 2.46. The fourth-order valence-electron chi connectivity index (χ4n) is 1.58. The number of nitro groups is 1. The molecule has 0 radical (unpaired) electrons. The van der Waals surface area contributed by atoms with E-state index in [1.165, 1.54) is 12.1 Å². The monoisotopic (exact) mass is 291 g/mol. The largest absolute Gasteiger partial charge is 0.457 e. The van der Waals surface area contributed by atoms with E-state index in [2.05, 4.69) is 0 Å². The van der Waals surface area contributed by atoms with Gasteiger partial charge in [0.25, 0.3) is 5.69 Å². The zero-order valence-corrected chi connectivity index (χ0v) is 11.0. The number of carbonyl (C=O) groups is 1. The van der Waals surface area contributed by atoms with Crippen molar-refractivity contribution >= 4 is 23.3 Å². The summed E-state index contributed by atoms with van der Waals surface area (Å²) in [7, 11) is 0. The Morgan fingerprint density at radius 3 is 2.55 bits per heavy atom. The van der Waals surface area contributed by atoms with Crippen LogP contribution in [0.25, 0.3) is 0 Å². The molecule has 0 atom stereocenters. The molecule has 2 rings (SSSR count). The van der Waals surface area contributed by atoms with Crippen LogP contribution in [0, 0.1) is 10.1 Å². The quantitative estimate of drug-likeness (QED) is 0.490. The van der Waals surface area contributed by atoms with Gasteiger partial charge in [0.1, 0.15) is 6.61 Å². The second-order valence-corrected chi connectivity index (χ2v) is 4.45. The van der Waals surface area contributed by atoms with Crippen molar-refractivity contribution in [2.24, 2.45) is 0 Å². The van der Waals surface area contributed by atoms with Crippen molar-refractivity contribution in [2.45, 2.75) is 6.61 Å². The van der Waals surface area contributed by atoms with E-state index in [9.17, 15) is 14.9 Å². The van der Waals surface area contributed by atoms with E-state index in [1.54, 1.807) is 36.4 Å². The van der Waals surface area contributed by atoms with Gasteiger partial charge in [0.05, 0.1) is 10.5 Å². The summed E-state index contributed by atoms with van der Waals surface area (Å²) in [6, 6.07) is 12.2. The van der Waals surface area contributed by atoms with Gasteiger partial charge in [-0.3, -0.25) is 10.1 Å². The SMILES string of the molecule is O=C(OCc1cccc([N+](=O)[O-])c1)c1ccc(Cl)cc1. The summed E-state index contributed by atoms with van der Waals surface area (Å²) in [5, 5.41) is 11.2. The summed E-state index contributed by atoms with van der Waals surface area (Å²) in [5.41, 5.74) is 0.895. The van der Waals surface area contributed by atoms with Crippen LogP contribution in [0.5, 0.6) is 0 Å². The molecule has 0 amide bonds. The maximum atomic E-state index is 11.7. The molecule has 0 aromatic heterocycles. The molecule has 6 heteroatoms. The Kier molecular flexibility index (Phi) is 4.32. The lowest BCUT2D eigenvalue weighted by Crippen LogP contribution is -2.05. The van der Waals surface area contributed by atoms with E-state index >= 15 is 0 Å². The highest BCUT2D eigenvalue weighted by atomic mass is 35.5. The van der Waals surface area contributed by atoms with Crippen LogP contribution in [-0.4, -0.2) is 10.9 Å². The molecular weight excluding hydrogens is 282 g/mol. The Hall–Kier alpha value is -2.40. The lowest BCUT2D eigenvalue weighted by molar-refractivity contribution is -0.384. The molecule has 0 fully saturated rings. The zero-order valence-electron chi connectivity index (χ0n) is 10.3. The minimum atomic E-state index is -0.506. The van der Waals surface area contributed by atoms with Crippen LogP contribution in [0.15, 0.2) is 48.5 Å². The lowest BCUT2D eigenvalue weighted by Gasteiger charge is -2.05. The number of ether oxygens (including phenoxy) is 1. The molecule has 20 heavy (non-hydrogen) atoms. The van der Waals surface area contributed by atoms with Gasteiger partial charge in [-0.2, -0.15) is 0 Å². The van der Waals surface area contributed by atoms with Gasteiger partial charge in [0.15, 0.2) is 0 Å². The summed E-state index contributed by atoms with van der Waals surface area (Å²) in [6.07, 6.45) is 0. The first-order valence-electron chi connectivity index (χ1n) is 5.72. The molecule has 0 saturated carbocycles. The second kappa shape index (κ2) is 6.16. The third-order valence-corrected chi connectivity index (χ3v) is 2.82. The highest BCUT2D eigenvalue weighted by Crippen LogP contribution is 2.15. The van der Waals surface area contributed by atoms with Gasteiger partial charge in [-0.1, -0.05) is 23.7 Å². The van der Waals surface area contributed by atoms with Crippen LogP contribution >= 0.6 is 11.6 Å². The van der Waals surface area contributed by atoms with Gasteiger partial charge in [-0.15, -0.1) is 0 Å². The minimum Gasteiger partial charge on any atom is -0.457 e. The molecule has 0 heterocycles. The number of nitrogens with zero attached hydrogens (tertiary/aromatic N) is 1. The van der Waals surface area contributed by atoms with Gasteiger partial charge >= 0.3 is 5.97 Å². The van der Waals surface area contributed by atoms with Gasteiger partial charge in [0.2, 0.25) is 0 Å². The minimum absolute atomic E-state index is 0.0247. The average molecular weight is 292 g/mol. The second-order valence-electron chi connectivity index (χ2n) is 4.01. The first-order chi connectivity index (χ1) is 9.56. The van der Waals surface area contributed by atoms with Crippen LogP contribution in [0.4, 0.5) is 5.69 Å². The highest BCUT2D eigenvalue weighted by molar-refractivity contribution is 6.30. The van der Waals surface area contributed by atoms with E-state index in [1.807, 2.05) is 0 Å². The number of nitro benzene ring substituents is 1. The molecule has 0 spiro atoms. The Labute approximate surface area is 119 Å². The Morgan fingerprint density at radius 2 is 1.90 bits per heavy atom. The maximum absolute atomic E-state index is 11.7. The van der Waals surface area contributed by atoms with Crippen molar-refractivity contribution in [3.05, 3.63) is 74.8 Å². The van der Waals surface area contributed by atoms with Crippen molar-refractivity contribution in [3.8, 4) is 0 Å². The molecule has 0 N–H and O–H groups in total. The predicted octanol–water partition coefficient (Wildman–Crippen LogP) is 3.61. The standard InChI is InChI=1S/C14H10ClNO4/c15-12-6-4-11(5-7-12)14(17)20-9-10-2-1-3-13(8-10)16(18)19/h1-8H,9H2. The first kappa shape index (κ1) is 14.0. The van der Waals surface area contributed by atoms with Crippen molar-refractivity contribution in [1.82, 2.24) is 0 Å². The third-order valence-electron chi connectivity index (χ3n) is 2.57. The van der Waals surface area contributed by atoms with Crippen molar-refractivity contribution < 1.29 is 14.5 Å². The van der Waals surface area contributed by atoms with E-state index in [0.717, 1.165) is 0 Å². The summed E-state index contributed by atoms with van der Waals surface area (Å²) in [4.78, 5) is 21.9. The number of benzene rings is 2. The zero-order chi connectivity index (χ0) is 14.5. The molecular formula is C14H10ClNO4. The number of non-ortho nitro benzene ring substituents is 1. The summed E-state index contributed by atoms with van der Waals surface area (Å²) in [5.74, 6) is -0.506. The highest BCUT2D eigenvalue weighted by Gasteiger charge is 2.09. The molecule has 0 bridgehead atoms. The maximum Gasteiger partial charge on any atom is 0.338 e. The predicted molar refractivity (Wildman–Crippen MR) is 73.7 cm³/mol. The van der Waals surface area contributed by atoms with Crippen LogP contribution in [0.2, 0.25) is 5.02 Å². The summed E-state index contributed by atoms with van der Waals surface area (Å²) in [6.45, 7) is -0.0247. The smallest absolute Gasteiger partial charge is 0.338 e. The van der Waals surface area contributed by atoms with E-state index in [4.69, 9.17) is 16.3 Å². The molecule has 0 aliphatic rings. The van der Waals surface area contributed by atoms with Gasteiger partial charge < -0.3 is 4.74 Å². The third kappa shape index (κ3) is 3.55. The van der Waals surface area contributed by atoms with Crippen molar-refractivity contribution in [3.63, 3.8) is 0 Å². The summed E-state index contributed by atoms with van der Waals surface area (Å²) >= 11 is 5.72.